The van der Waals surface area contributed by atoms with Gasteiger partial charge in [-0.2, -0.15) is 0 Å². The number of nitrogens with one attached hydrogen (secondary N) is 2. The summed E-state index contributed by atoms with van der Waals surface area (Å²) in [6.07, 6.45) is 2.44. The van der Waals surface area contributed by atoms with Crippen molar-refractivity contribution in [2.75, 3.05) is 6.61 Å². The number of carbonyl (C=O) groups excluding carboxylic acids is 1. The number of ether oxygens (including phenoxy) is 1. The number of hydrogen-bond donors (Lipinski definition) is 3. The molecule has 3 aromatic rings. The van der Waals surface area contributed by atoms with E-state index < -0.39 is 0 Å². The van der Waals surface area contributed by atoms with Crippen molar-refractivity contribution in [2.24, 2.45) is 0 Å². The Morgan fingerprint density at radius 3 is 2.78 bits per heavy atom. The molecule has 3 N–H and O–H groups in total. The molecule has 0 aliphatic rings. The summed E-state index contributed by atoms with van der Waals surface area (Å²) in [5, 5.41) is 13.8. The van der Waals surface area contributed by atoms with Crippen LogP contribution in [0.1, 0.15) is 29.8 Å². The second-order valence-corrected chi connectivity index (χ2v) is 7.97. The van der Waals surface area contributed by atoms with E-state index in [1.54, 1.807) is 6.07 Å². The number of hydrogen-bond acceptors (Lipinski definition) is 3. The van der Waals surface area contributed by atoms with Gasteiger partial charge in [0.05, 0.1) is 24.3 Å². The summed E-state index contributed by atoms with van der Waals surface area (Å²) >= 11 is 2.17. The Morgan fingerprint density at radius 1 is 1.26 bits per heavy atom. The van der Waals surface area contributed by atoms with Crippen molar-refractivity contribution >= 4 is 39.4 Å². The molecule has 27 heavy (non-hydrogen) atoms. The molecule has 1 heterocycles. The number of para-hydroxylation sites is 1. The van der Waals surface area contributed by atoms with E-state index >= 15 is 0 Å². The highest BCUT2D eigenvalue weighted by atomic mass is 127. The van der Waals surface area contributed by atoms with Crippen LogP contribution in [0, 0.1) is 3.57 Å². The van der Waals surface area contributed by atoms with Gasteiger partial charge >= 0.3 is 0 Å². The predicted octanol–water partition coefficient (Wildman–Crippen LogP) is 3.89. The fraction of sp³-hybridized carbons (Fsp3) is 0.286. The number of H-pyrrole nitrogens is 1. The van der Waals surface area contributed by atoms with Crippen LogP contribution in [0.2, 0.25) is 0 Å². The molecule has 142 valence electrons. The molecule has 1 aromatic heterocycles. The smallest absolute Gasteiger partial charge is 0.255 e. The van der Waals surface area contributed by atoms with Crippen LogP contribution in [0.15, 0.2) is 48.7 Å². The van der Waals surface area contributed by atoms with E-state index in [4.69, 9.17) is 4.74 Å². The van der Waals surface area contributed by atoms with Crippen molar-refractivity contribution in [1.29, 1.82) is 0 Å². The van der Waals surface area contributed by atoms with E-state index in [2.05, 4.69) is 32.9 Å². The molecular weight excluding hydrogens is 455 g/mol. The van der Waals surface area contributed by atoms with E-state index in [-0.39, 0.29) is 24.7 Å². The molecule has 2 aromatic carbocycles. The third kappa shape index (κ3) is 4.81. The van der Waals surface area contributed by atoms with Gasteiger partial charge in [0.2, 0.25) is 0 Å². The summed E-state index contributed by atoms with van der Waals surface area (Å²) in [4.78, 5) is 16.1. The number of benzene rings is 2. The van der Waals surface area contributed by atoms with Gasteiger partial charge in [-0.15, -0.1) is 0 Å². The lowest BCUT2D eigenvalue weighted by Gasteiger charge is -2.19. The van der Waals surface area contributed by atoms with Gasteiger partial charge in [-0.1, -0.05) is 18.2 Å². The van der Waals surface area contributed by atoms with Crippen molar-refractivity contribution in [2.45, 2.75) is 32.4 Å². The summed E-state index contributed by atoms with van der Waals surface area (Å²) in [6.45, 7) is 3.70. The maximum Gasteiger partial charge on any atom is 0.255 e. The number of aliphatic hydroxyl groups is 1. The highest BCUT2D eigenvalue weighted by molar-refractivity contribution is 14.1. The Hall–Kier alpha value is -2.06. The Balaban J connectivity index is 1.78. The minimum atomic E-state index is -0.388. The van der Waals surface area contributed by atoms with E-state index in [9.17, 15) is 9.90 Å². The number of amides is 1. The van der Waals surface area contributed by atoms with Crippen LogP contribution in [0.5, 0.6) is 5.75 Å². The molecule has 1 amide bonds. The van der Waals surface area contributed by atoms with Crippen molar-refractivity contribution in [3.05, 3.63) is 63.4 Å². The van der Waals surface area contributed by atoms with Crippen LogP contribution >= 0.6 is 22.6 Å². The van der Waals surface area contributed by atoms with Crippen LogP contribution in [0.3, 0.4) is 0 Å². The molecule has 0 saturated heterocycles. The zero-order valence-corrected chi connectivity index (χ0v) is 17.5. The SMILES string of the molecule is CC(C)Oc1ccc(I)cc1C(=O)N[C@@H](CO)Cc1c[nH]c2ccccc12. The van der Waals surface area contributed by atoms with Gasteiger partial charge in [0, 0.05) is 20.7 Å². The number of halogens is 1. The number of aromatic amines is 1. The number of aliphatic hydroxyl groups excluding tert-OH is 1. The predicted molar refractivity (Wildman–Crippen MR) is 115 cm³/mol. The molecule has 0 spiro atoms. The van der Waals surface area contributed by atoms with E-state index in [0.717, 1.165) is 20.0 Å². The minimum Gasteiger partial charge on any atom is -0.490 e. The van der Waals surface area contributed by atoms with Crippen LogP contribution < -0.4 is 10.1 Å². The lowest BCUT2D eigenvalue weighted by Crippen LogP contribution is -2.39. The van der Waals surface area contributed by atoms with Gasteiger partial charge < -0.3 is 20.1 Å². The quantitative estimate of drug-likeness (QED) is 0.452. The van der Waals surface area contributed by atoms with Crippen molar-refractivity contribution in [3.8, 4) is 5.75 Å². The average Bonchev–Trinajstić information content (AvgIpc) is 3.05. The van der Waals surface area contributed by atoms with Crippen LogP contribution in [0.25, 0.3) is 10.9 Å². The largest absolute Gasteiger partial charge is 0.490 e. The fourth-order valence-electron chi connectivity index (χ4n) is 3.03. The molecule has 0 radical (unpaired) electrons. The minimum absolute atomic E-state index is 0.0310. The summed E-state index contributed by atoms with van der Waals surface area (Å²) in [6, 6.07) is 13.1. The zero-order chi connectivity index (χ0) is 19.4. The first kappa shape index (κ1) is 19.7. The summed E-state index contributed by atoms with van der Waals surface area (Å²) < 4.78 is 6.72. The average molecular weight is 478 g/mol. The lowest BCUT2D eigenvalue weighted by atomic mass is 10.0. The zero-order valence-electron chi connectivity index (χ0n) is 15.3. The first-order chi connectivity index (χ1) is 13.0. The lowest BCUT2D eigenvalue weighted by molar-refractivity contribution is 0.0910. The molecule has 3 rings (SSSR count). The van der Waals surface area contributed by atoms with E-state index in [1.165, 1.54) is 0 Å². The molecule has 6 heteroatoms. The summed E-state index contributed by atoms with van der Waals surface area (Å²) in [7, 11) is 0. The van der Waals surface area contributed by atoms with Gasteiger partial charge in [-0.3, -0.25) is 4.79 Å². The Kier molecular flexibility index (Phi) is 6.38. The van der Waals surface area contributed by atoms with Crippen LogP contribution in [-0.2, 0) is 6.42 Å². The number of aromatic nitrogens is 1. The highest BCUT2D eigenvalue weighted by Gasteiger charge is 2.19. The number of rotatable bonds is 7. The molecule has 5 nitrogen and oxygen atoms in total. The molecule has 0 unspecified atom stereocenters. The Morgan fingerprint density at radius 2 is 2.04 bits per heavy atom. The highest BCUT2D eigenvalue weighted by Crippen LogP contribution is 2.23. The van der Waals surface area contributed by atoms with Gasteiger partial charge in [-0.05, 0) is 72.7 Å². The van der Waals surface area contributed by atoms with Gasteiger partial charge in [0.25, 0.3) is 5.91 Å². The van der Waals surface area contributed by atoms with Crippen molar-refractivity contribution in [1.82, 2.24) is 10.3 Å². The monoisotopic (exact) mass is 478 g/mol. The molecular formula is C21H23IN2O3. The molecule has 0 bridgehead atoms. The third-order valence-corrected chi connectivity index (χ3v) is 4.92. The molecule has 0 aliphatic heterocycles. The number of carbonyl (C=O) groups is 1. The Bertz CT molecular complexity index is 936. The fourth-order valence-corrected chi connectivity index (χ4v) is 3.52. The second kappa shape index (κ2) is 8.75. The summed E-state index contributed by atoms with van der Waals surface area (Å²) in [5.74, 6) is 0.301. The maximum atomic E-state index is 12.8. The van der Waals surface area contributed by atoms with E-state index in [0.29, 0.717) is 17.7 Å². The van der Waals surface area contributed by atoms with Crippen molar-refractivity contribution in [3.63, 3.8) is 0 Å². The van der Waals surface area contributed by atoms with Crippen LogP contribution in [-0.4, -0.2) is 34.8 Å². The molecule has 0 aliphatic carbocycles. The molecule has 0 fully saturated rings. The van der Waals surface area contributed by atoms with Gasteiger partial charge in [0.15, 0.2) is 0 Å². The number of fused-ring (bicyclic) bond motifs is 1. The first-order valence-electron chi connectivity index (χ1n) is 8.91. The molecule has 1 atom stereocenters. The summed E-state index contributed by atoms with van der Waals surface area (Å²) in [5.41, 5.74) is 2.58. The normalized spacial score (nSPS) is 12.3. The van der Waals surface area contributed by atoms with Crippen LogP contribution in [0.4, 0.5) is 0 Å². The van der Waals surface area contributed by atoms with Gasteiger partial charge in [0.1, 0.15) is 5.75 Å². The second-order valence-electron chi connectivity index (χ2n) is 6.72. The van der Waals surface area contributed by atoms with E-state index in [1.807, 2.05) is 56.4 Å². The van der Waals surface area contributed by atoms with Gasteiger partial charge in [-0.25, -0.2) is 0 Å². The Labute approximate surface area is 172 Å². The topological polar surface area (TPSA) is 74.3 Å². The third-order valence-electron chi connectivity index (χ3n) is 4.25. The first-order valence-corrected chi connectivity index (χ1v) is 9.98. The van der Waals surface area contributed by atoms with Crippen molar-refractivity contribution < 1.29 is 14.6 Å². The molecule has 0 saturated carbocycles. The maximum absolute atomic E-state index is 12.8. The standard InChI is InChI=1S/C21H23IN2O3/c1-13(2)27-20-8-7-15(22)10-18(20)21(26)24-16(12-25)9-14-11-23-19-6-4-3-5-17(14)19/h3-8,10-11,13,16,23,25H,9,12H2,1-2H3,(H,24,26)/t16-/m1/s1.